The van der Waals surface area contributed by atoms with Gasteiger partial charge in [0, 0.05) is 95.7 Å². The fraction of sp³-hybridized carbons (Fsp3) is 0.261. The van der Waals surface area contributed by atoms with E-state index in [2.05, 4.69) is 31.3 Å². The molecule has 34 heavy (non-hydrogen) atoms. The lowest BCUT2D eigenvalue weighted by molar-refractivity contribution is -0.119. The van der Waals surface area contributed by atoms with Crippen molar-refractivity contribution in [2.24, 2.45) is 0 Å². The smallest absolute Gasteiger partial charge is 0.209 e. The molecule has 1 aromatic carbocycles. The van der Waals surface area contributed by atoms with Crippen LogP contribution >= 0.6 is 30.3 Å². The van der Waals surface area contributed by atoms with Gasteiger partial charge in [0.05, 0.1) is 19.3 Å². The molecule has 11 heteroatoms. The Kier molecular flexibility index (Phi) is 6.47. The highest BCUT2D eigenvalue weighted by Crippen LogP contribution is 2.41. The molecular weight excluding hydrogens is 575 g/mol. The predicted molar refractivity (Wildman–Crippen MR) is 136 cm³/mol. The van der Waals surface area contributed by atoms with Crippen LogP contribution in [0.4, 0.5) is 8.78 Å². The predicted octanol–water partition coefficient (Wildman–Crippen LogP) is 5.49. The lowest BCUT2D eigenvalue weighted by Crippen LogP contribution is -2.33. The number of carbonyl (C=O) groups is 1. The number of aromatic nitrogens is 4. The van der Waals surface area contributed by atoms with Crippen LogP contribution in [0.25, 0.3) is 33.3 Å². The highest BCUT2D eigenvalue weighted by Gasteiger charge is 2.22. The van der Waals surface area contributed by atoms with E-state index in [0.717, 1.165) is 41.8 Å². The molecule has 0 spiro atoms. The van der Waals surface area contributed by atoms with Crippen LogP contribution in [-0.2, 0) is 4.79 Å². The van der Waals surface area contributed by atoms with Gasteiger partial charge in [0.15, 0.2) is 17.2 Å². The zero-order chi connectivity index (χ0) is 23.8. The minimum Gasteiger partial charge on any atom is -0.493 e. The summed E-state index contributed by atoms with van der Waals surface area (Å²) in [5.41, 5.74) is 3.37. The monoisotopic (exact) mass is 595 g/mol. The number of piperidine rings is 1. The third-order valence-electron chi connectivity index (χ3n) is 6.15. The molecular formula is C23H20F2IN5O2S. The molecule has 1 aliphatic heterocycles. The van der Waals surface area contributed by atoms with Gasteiger partial charge < -0.3 is 9.64 Å². The van der Waals surface area contributed by atoms with E-state index in [1.807, 2.05) is 20.9 Å². The SMILES string of the molecule is COc1c(F)cc(F)cc1-c1cn(SI)c2ncc(-c3cnn(C4CCN(C=O)CC4)c3)cc12. The minimum absolute atomic E-state index is 0.0150. The first-order valence-electron chi connectivity index (χ1n) is 10.6. The first-order valence-corrected chi connectivity index (χ1v) is 13.9. The lowest BCUT2D eigenvalue weighted by Gasteiger charge is -2.29. The summed E-state index contributed by atoms with van der Waals surface area (Å²) < 4.78 is 37.6. The Morgan fingerprint density at radius 2 is 1.91 bits per heavy atom. The number of hydrogen-bond acceptors (Lipinski definition) is 5. The summed E-state index contributed by atoms with van der Waals surface area (Å²) in [6.45, 7) is 1.43. The van der Waals surface area contributed by atoms with Crippen molar-refractivity contribution in [1.29, 1.82) is 0 Å². The molecule has 0 bridgehead atoms. The molecule has 0 aliphatic carbocycles. The van der Waals surface area contributed by atoms with Crippen molar-refractivity contribution in [2.45, 2.75) is 18.9 Å². The molecule has 4 aromatic rings. The molecule has 0 unspecified atom stereocenters. The number of nitrogens with zero attached hydrogens (tertiary/aromatic N) is 5. The van der Waals surface area contributed by atoms with E-state index < -0.39 is 11.6 Å². The fourth-order valence-electron chi connectivity index (χ4n) is 4.41. The molecule has 7 nitrogen and oxygen atoms in total. The van der Waals surface area contributed by atoms with Crippen LogP contribution in [0, 0.1) is 11.6 Å². The topological polar surface area (TPSA) is 65.2 Å². The Balaban J connectivity index is 1.56. The van der Waals surface area contributed by atoms with Gasteiger partial charge in [-0.15, -0.1) is 0 Å². The van der Waals surface area contributed by atoms with Crippen molar-refractivity contribution in [3.8, 4) is 28.0 Å². The van der Waals surface area contributed by atoms with E-state index in [-0.39, 0.29) is 11.8 Å². The molecule has 5 rings (SSSR count). The Labute approximate surface area is 210 Å². The van der Waals surface area contributed by atoms with Crippen LogP contribution in [0.1, 0.15) is 18.9 Å². The van der Waals surface area contributed by atoms with E-state index in [4.69, 9.17) is 4.74 Å². The molecule has 3 aromatic heterocycles. The van der Waals surface area contributed by atoms with Crippen LogP contribution in [-0.4, -0.2) is 50.2 Å². The van der Waals surface area contributed by atoms with Gasteiger partial charge >= 0.3 is 0 Å². The second-order valence-corrected chi connectivity index (χ2v) is 9.80. The zero-order valence-corrected chi connectivity index (χ0v) is 21.1. The van der Waals surface area contributed by atoms with Crippen molar-refractivity contribution in [3.05, 3.63) is 54.6 Å². The van der Waals surface area contributed by atoms with Crippen LogP contribution in [0.5, 0.6) is 5.75 Å². The van der Waals surface area contributed by atoms with Gasteiger partial charge in [0.1, 0.15) is 5.82 Å². The average Bonchev–Trinajstić information content (AvgIpc) is 3.48. The van der Waals surface area contributed by atoms with Crippen LogP contribution in [0.3, 0.4) is 0 Å². The summed E-state index contributed by atoms with van der Waals surface area (Å²) in [4.78, 5) is 17.4. The quantitative estimate of drug-likeness (QED) is 0.218. The van der Waals surface area contributed by atoms with Gasteiger partial charge in [-0.2, -0.15) is 5.10 Å². The number of amides is 1. The molecule has 0 atom stereocenters. The summed E-state index contributed by atoms with van der Waals surface area (Å²) in [6.07, 6.45) is 9.94. The number of likely N-dealkylation sites (tertiary alicyclic amines) is 1. The minimum atomic E-state index is -0.758. The van der Waals surface area contributed by atoms with E-state index in [1.165, 1.54) is 22.3 Å². The highest BCUT2D eigenvalue weighted by atomic mass is 127. The largest absolute Gasteiger partial charge is 0.493 e. The second kappa shape index (κ2) is 9.53. The van der Waals surface area contributed by atoms with Crippen molar-refractivity contribution in [1.82, 2.24) is 23.6 Å². The molecule has 0 N–H and O–H groups in total. The molecule has 0 radical (unpaired) electrons. The number of benzene rings is 1. The van der Waals surface area contributed by atoms with Crippen LogP contribution < -0.4 is 4.74 Å². The average molecular weight is 595 g/mol. The number of pyridine rings is 1. The number of fused-ring (bicyclic) bond motifs is 1. The Morgan fingerprint density at radius 3 is 2.62 bits per heavy atom. The zero-order valence-electron chi connectivity index (χ0n) is 18.1. The Morgan fingerprint density at radius 1 is 1.12 bits per heavy atom. The maximum atomic E-state index is 14.4. The fourth-order valence-corrected chi connectivity index (χ4v) is 5.67. The first-order chi connectivity index (χ1) is 16.5. The molecule has 4 heterocycles. The Bertz CT molecular complexity index is 1370. The number of halogens is 3. The van der Waals surface area contributed by atoms with Gasteiger partial charge in [-0.1, -0.05) is 0 Å². The van der Waals surface area contributed by atoms with Crippen molar-refractivity contribution < 1.29 is 18.3 Å². The molecule has 1 amide bonds. The van der Waals surface area contributed by atoms with Crippen molar-refractivity contribution in [3.63, 3.8) is 0 Å². The second-order valence-electron chi connectivity index (χ2n) is 8.08. The van der Waals surface area contributed by atoms with Gasteiger partial charge in [-0.25, -0.2) is 13.8 Å². The summed E-state index contributed by atoms with van der Waals surface area (Å²) in [5, 5.41) is 5.30. The summed E-state index contributed by atoms with van der Waals surface area (Å²) >= 11 is 2.14. The lowest BCUT2D eigenvalue weighted by atomic mass is 10.0. The summed E-state index contributed by atoms with van der Waals surface area (Å²) in [7, 11) is 2.78. The Hall–Kier alpha value is -2.67. The molecule has 1 aliphatic rings. The van der Waals surface area contributed by atoms with Crippen LogP contribution in [0.2, 0.25) is 0 Å². The maximum absolute atomic E-state index is 14.4. The van der Waals surface area contributed by atoms with Gasteiger partial charge in [-0.05, 0) is 25.0 Å². The van der Waals surface area contributed by atoms with Gasteiger partial charge in [0.2, 0.25) is 6.41 Å². The van der Waals surface area contributed by atoms with E-state index in [9.17, 15) is 13.6 Å². The van der Waals surface area contributed by atoms with E-state index in [0.29, 0.717) is 29.9 Å². The van der Waals surface area contributed by atoms with Gasteiger partial charge in [-0.3, -0.25) is 13.4 Å². The highest BCUT2D eigenvalue weighted by molar-refractivity contribution is 14.2. The number of methoxy groups -OCH3 is 1. The van der Waals surface area contributed by atoms with Crippen molar-refractivity contribution in [2.75, 3.05) is 20.2 Å². The number of rotatable bonds is 6. The summed E-state index contributed by atoms with van der Waals surface area (Å²) in [6, 6.07) is 4.27. The number of hydrogen-bond donors (Lipinski definition) is 0. The third kappa shape index (κ3) is 4.15. The molecule has 1 saturated heterocycles. The van der Waals surface area contributed by atoms with Crippen LogP contribution in [0.15, 0.2) is 43.0 Å². The third-order valence-corrected chi connectivity index (χ3v) is 7.85. The number of ether oxygens (including phenoxy) is 1. The van der Waals surface area contributed by atoms with E-state index in [1.54, 1.807) is 23.5 Å². The number of carbonyl (C=O) groups excluding carboxylic acids is 1. The first kappa shape index (κ1) is 23.1. The molecule has 176 valence electrons. The standard InChI is InChI=1S/C23H20F2IN5O2S/c1-33-22-18(7-16(24)8-21(22)25)20-12-31(34-26)23-19(20)6-14(9-27-23)15-10-28-30(11-15)17-2-4-29(13-32)5-3-17/h6-13,17H,2-5H2,1H3. The molecule has 1 fully saturated rings. The molecule has 0 saturated carbocycles. The summed E-state index contributed by atoms with van der Waals surface area (Å²) in [5.74, 6) is -1.45. The normalized spacial score (nSPS) is 14.6. The maximum Gasteiger partial charge on any atom is 0.209 e. The van der Waals surface area contributed by atoms with Gasteiger partial charge in [0.25, 0.3) is 0 Å². The van der Waals surface area contributed by atoms with E-state index >= 15 is 0 Å². The van der Waals surface area contributed by atoms with Crippen molar-refractivity contribution >= 4 is 47.8 Å².